The molecule has 9 nitrogen and oxygen atoms in total. The van der Waals surface area contributed by atoms with Gasteiger partial charge >= 0.3 is 6.01 Å². The highest BCUT2D eigenvalue weighted by molar-refractivity contribution is 6.14. The van der Waals surface area contributed by atoms with Gasteiger partial charge in [-0.15, -0.1) is 0 Å². The van der Waals surface area contributed by atoms with Gasteiger partial charge in [-0.25, -0.2) is 4.39 Å². The molecule has 2 aromatic carbocycles. The largest absolute Gasteiger partial charge is 0.424 e. The topological polar surface area (TPSA) is 121 Å². The van der Waals surface area contributed by atoms with E-state index in [1.807, 2.05) is 6.07 Å². The highest BCUT2D eigenvalue weighted by Gasteiger charge is 2.29. The zero-order valence-electron chi connectivity index (χ0n) is 20.0. The molecule has 1 saturated heterocycles. The number of hydrogen-bond donors (Lipinski definition) is 4. The molecular formula is C26H26FN7O2. The first kappa shape index (κ1) is 22.3. The van der Waals surface area contributed by atoms with Crippen LogP contribution in [0.2, 0.25) is 0 Å². The van der Waals surface area contributed by atoms with Crippen molar-refractivity contribution >= 4 is 39.3 Å². The van der Waals surface area contributed by atoms with E-state index in [1.54, 1.807) is 19.2 Å². The number of benzene rings is 2. The summed E-state index contributed by atoms with van der Waals surface area (Å²) in [5.74, 6) is 0.645. The summed E-state index contributed by atoms with van der Waals surface area (Å²) in [6.45, 7) is 4.51. The second kappa shape index (κ2) is 8.49. The first-order valence-electron chi connectivity index (χ1n) is 11.9. The van der Waals surface area contributed by atoms with Crippen LogP contribution in [0.5, 0.6) is 11.8 Å². The van der Waals surface area contributed by atoms with Gasteiger partial charge in [0.25, 0.3) is 5.91 Å². The third-order valence-electron chi connectivity index (χ3n) is 6.97. The Bertz CT molecular complexity index is 1560. The lowest BCUT2D eigenvalue weighted by atomic mass is 9.98. The molecule has 4 heterocycles. The van der Waals surface area contributed by atoms with E-state index in [0.29, 0.717) is 60.0 Å². The molecule has 4 aromatic rings. The normalized spacial score (nSPS) is 14.7. The standard InChI is InChI=1S/C26H26FN7O2/c1-3-13(9-28)15-11-34(12-15)24-21-19-6-16(27)7-20(29-2)22(19)31-23(21)32-26(33-24)36-17-5-4-14-10-30-25(35)18(14)8-17/h4-8,29H,3,9-12,28H2,1-2H3,(H,30,35)(H,31,32,33). The quantitative estimate of drug-likeness (QED) is 0.305. The first-order chi connectivity index (χ1) is 17.5. The number of aromatic amines is 1. The smallest absolute Gasteiger partial charge is 0.325 e. The zero-order chi connectivity index (χ0) is 25.0. The maximum absolute atomic E-state index is 14.5. The fourth-order valence-corrected chi connectivity index (χ4v) is 4.98. The molecule has 2 aliphatic rings. The molecule has 36 heavy (non-hydrogen) atoms. The van der Waals surface area contributed by atoms with Crippen molar-refractivity contribution in [1.29, 1.82) is 0 Å². The van der Waals surface area contributed by atoms with Crippen molar-refractivity contribution in [3.8, 4) is 11.8 Å². The van der Waals surface area contributed by atoms with Crippen LogP contribution in [0.1, 0.15) is 29.3 Å². The van der Waals surface area contributed by atoms with E-state index in [9.17, 15) is 9.18 Å². The van der Waals surface area contributed by atoms with Crippen LogP contribution in [0.4, 0.5) is 15.9 Å². The first-order valence-corrected chi connectivity index (χ1v) is 11.9. The Morgan fingerprint density at radius 1 is 1.25 bits per heavy atom. The molecule has 0 spiro atoms. The van der Waals surface area contributed by atoms with E-state index in [1.165, 1.54) is 23.3 Å². The van der Waals surface area contributed by atoms with Crippen LogP contribution in [0, 0.1) is 5.82 Å². The summed E-state index contributed by atoms with van der Waals surface area (Å²) in [5, 5.41) is 7.27. The lowest BCUT2D eigenvalue weighted by molar-refractivity contribution is 0.0965. The molecule has 0 aliphatic carbocycles. The van der Waals surface area contributed by atoms with Crippen LogP contribution < -0.4 is 26.0 Å². The van der Waals surface area contributed by atoms with Gasteiger partial charge in [-0.3, -0.25) is 4.79 Å². The number of anilines is 2. The molecule has 0 radical (unpaired) electrons. The van der Waals surface area contributed by atoms with Crippen molar-refractivity contribution in [1.82, 2.24) is 20.3 Å². The van der Waals surface area contributed by atoms with E-state index in [0.717, 1.165) is 22.9 Å². The summed E-state index contributed by atoms with van der Waals surface area (Å²) in [6.07, 6.45) is 0.906. The van der Waals surface area contributed by atoms with Crippen molar-refractivity contribution in [2.24, 2.45) is 5.73 Å². The van der Waals surface area contributed by atoms with Crippen molar-refractivity contribution in [2.45, 2.75) is 19.9 Å². The van der Waals surface area contributed by atoms with Gasteiger partial charge in [-0.05, 0) is 41.8 Å². The minimum absolute atomic E-state index is 0.128. The number of H-pyrrole nitrogens is 1. The van der Waals surface area contributed by atoms with Crippen molar-refractivity contribution in [2.75, 3.05) is 36.9 Å². The summed E-state index contributed by atoms with van der Waals surface area (Å²) in [7, 11) is 1.75. The molecule has 0 bridgehead atoms. The summed E-state index contributed by atoms with van der Waals surface area (Å²) in [6, 6.07) is 8.43. The lowest BCUT2D eigenvalue weighted by Crippen LogP contribution is -2.42. The molecule has 1 amide bonds. The molecule has 2 aromatic heterocycles. The molecule has 1 fully saturated rings. The van der Waals surface area contributed by atoms with Crippen molar-refractivity contribution in [3.63, 3.8) is 0 Å². The van der Waals surface area contributed by atoms with Gasteiger partial charge in [0.05, 0.1) is 16.6 Å². The van der Waals surface area contributed by atoms with Crippen LogP contribution >= 0.6 is 0 Å². The number of nitrogens with zero attached hydrogens (tertiary/aromatic N) is 3. The lowest BCUT2D eigenvalue weighted by Gasteiger charge is -2.37. The van der Waals surface area contributed by atoms with E-state index in [2.05, 4.69) is 32.4 Å². The Morgan fingerprint density at radius 2 is 2.08 bits per heavy atom. The number of nitrogens with two attached hydrogens (primary N) is 1. The van der Waals surface area contributed by atoms with E-state index in [-0.39, 0.29) is 17.7 Å². The minimum atomic E-state index is -0.351. The summed E-state index contributed by atoms with van der Waals surface area (Å²) in [5.41, 5.74) is 11.9. The number of carbonyl (C=O) groups excluding carboxylic acids is 1. The van der Waals surface area contributed by atoms with Gasteiger partial charge in [-0.2, -0.15) is 9.97 Å². The average molecular weight is 488 g/mol. The van der Waals surface area contributed by atoms with Gasteiger partial charge in [0, 0.05) is 44.2 Å². The Hall–Kier alpha value is -4.18. The van der Waals surface area contributed by atoms with Crippen LogP contribution in [-0.4, -0.2) is 47.5 Å². The number of nitrogens with one attached hydrogen (secondary N) is 3. The molecule has 0 saturated carbocycles. The molecule has 6 rings (SSSR count). The SMILES string of the molecule is CCC(CN)=C1CN(c2nc(Oc3ccc4c(c3)C(=O)NC4)nc3[nH]c4c(NC)cc(F)cc4c23)C1. The molecule has 2 aliphatic heterocycles. The second-order valence-corrected chi connectivity index (χ2v) is 9.03. The van der Waals surface area contributed by atoms with Crippen LogP contribution in [0.3, 0.4) is 0 Å². The van der Waals surface area contributed by atoms with Gasteiger partial charge in [0.2, 0.25) is 0 Å². The van der Waals surface area contributed by atoms with Crippen molar-refractivity contribution < 1.29 is 13.9 Å². The number of aromatic nitrogens is 3. The molecule has 184 valence electrons. The number of amides is 1. The highest BCUT2D eigenvalue weighted by Crippen LogP contribution is 2.39. The summed E-state index contributed by atoms with van der Waals surface area (Å²) in [4.78, 5) is 26.9. The average Bonchev–Trinajstić information content (AvgIpc) is 3.40. The number of rotatable bonds is 6. The third kappa shape index (κ3) is 3.53. The highest BCUT2D eigenvalue weighted by atomic mass is 19.1. The van der Waals surface area contributed by atoms with E-state index >= 15 is 0 Å². The van der Waals surface area contributed by atoms with E-state index < -0.39 is 0 Å². The van der Waals surface area contributed by atoms with Gasteiger partial charge in [-0.1, -0.05) is 18.6 Å². The fraction of sp³-hybridized carbons (Fsp3) is 0.269. The Labute approximate surface area is 206 Å². The number of ether oxygens (including phenoxy) is 1. The maximum Gasteiger partial charge on any atom is 0.325 e. The monoisotopic (exact) mass is 487 g/mol. The van der Waals surface area contributed by atoms with Gasteiger partial charge in [0.1, 0.15) is 23.0 Å². The minimum Gasteiger partial charge on any atom is -0.424 e. The number of hydrogen-bond acceptors (Lipinski definition) is 7. The predicted octanol–water partition coefficient (Wildman–Crippen LogP) is 3.81. The summed E-state index contributed by atoms with van der Waals surface area (Å²) < 4.78 is 20.5. The van der Waals surface area contributed by atoms with Crippen LogP contribution in [0.15, 0.2) is 41.5 Å². The van der Waals surface area contributed by atoms with Crippen LogP contribution in [0.25, 0.3) is 21.9 Å². The summed E-state index contributed by atoms with van der Waals surface area (Å²) >= 11 is 0. The number of halogens is 1. The Balaban J connectivity index is 1.48. The third-order valence-corrected chi connectivity index (χ3v) is 6.97. The molecule has 5 N–H and O–H groups in total. The second-order valence-electron chi connectivity index (χ2n) is 9.03. The Morgan fingerprint density at radius 3 is 2.83 bits per heavy atom. The predicted molar refractivity (Wildman–Crippen MR) is 137 cm³/mol. The maximum atomic E-state index is 14.5. The van der Waals surface area contributed by atoms with Crippen LogP contribution in [-0.2, 0) is 6.54 Å². The van der Waals surface area contributed by atoms with Gasteiger partial charge in [0.15, 0.2) is 0 Å². The van der Waals surface area contributed by atoms with E-state index in [4.69, 9.17) is 15.5 Å². The molecular weight excluding hydrogens is 461 g/mol. The molecule has 0 unspecified atom stereocenters. The Kier molecular flexibility index (Phi) is 5.26. The van der Waals surface area contributed by atoms with Gasteiger partial charge < -0.3 is 31.0 Å². The fourth-order valence-electron chi connectivity index (χ4n) is 4.98. The number of fused-ring (bicyclic) bond motifs is 4. The molecule has 10 heteroatoms. The van der Waals surface area contributed by atoms with Crippen molar-refractivity contribution in [3.05, 3.63) is 58.4 Å². The number of carbonyl (C=O) groups is 1. The molecule has 0 atom stereocenters. The zero-order valence-corrected chi connectivity index (χ0v) is 20.0.